The molecule has 10 nitrogen and oxygen atoms in total. The molecule has 20 heavy (non-hydrogen) atoms. The molecular weight excluding hydrogens is 270 g/mol. The van der Waals surface area contributed by atoms with Gasteiger partial charge in [-0.05, 0) is 5.18 Å². The minimum Gasteiger partial charge on any atom is -0.394 e. The fourth-order valence-electron chi connectivity index (χ4n) is 2.24. The third-order valence-electron chi connectivity index (χ3n) is 3.26. The molecule has 1 saturated heterocycles. The van der Waals surface area contributed by atoms with E-state index in [0.29, 0.717) is 0 Å². The number of H-pyrrole nitrogens is 1. The first-order valence-electron chi connectivity index (χ1n) is 5.82. The second-order valence-corrected chi connectivity index (χ2v) is 4.38. The number of hydrogen-bond donors (Lipinski definition) is 4. The van der Waals surface area contributed by atoms with Crippen molar-refractivity contribution < 1.29 is 20.1 Å². The smallest absolute Gasteiger partial charge is 0.228 e. The number of rotatable bonds is 3. The van der Waals surface area contributed by atoms with Gasteiger partial charge in [0.15, 0.2) is 5.52 Å². The monoisotopic (exact) mass is 281 g/mol. The maximum Gasteiger partial charge on any atom is 0.228 e. The molecule has 4 N–H and O–H groups in total. The molecule has 0 bridgehead atoms. The lowest BCUT2D eigenvalue weighted by Gasteiger charge is -2.12. The molecule has 0 spiro atoms. The Labute approximate surface area is 111 Å². The third kappa shape index (κ3) is 1.78. The van der Waals surface area contributed by atoms with Gasteiger partial charge >= 0.3 is 0 Å². The van der Waals surface area contributed by atoms with Gasteiger partial charge in [0.1, 0.15) is 36.3 Å². The average molecular weight is 281 g/mol. The Bertz CT molecular complexity index is 646. The summed E-state index contributed by atoms with van der Waals surface area (Å²) in [6, 6.07) is 0. The lowest BCUT2D eigenvalue weighted by molar-refractivity contribution is -0.0236. The second kappa shape index (κ2) is 4.83. The van der Waals surface area contributed by atoms with E-state index in [1.807, 2.05) is 0 Å². The van der Waals surface area contributed by atoms with Gasteiger partial charge < -0.3 is 20.1 Å². The predicted molar refractivity (Wildman–Crippen MR) is 63.9 cm³/mol. The number of fused-ring (bicyclic) bond motifs is 1. The molecule has 0 aliphatic carbocycles. The predicted octanol–water partition coefficient (Wildman–Crippen LogP) is -1.10. The molecule has 4 atom stereocenters. The first-order chi connectivity index (χ1) is 9.67. The number of hydrogen-bond acceptors (Lipinski definition) is 9. The van der Waals surface area contributed by atoms with Crippen molar-refractivity contribution in [2.75, 3.05) is 6.61 Å². The minimum atomic E-state index is -1.25. The van der Waals surface area contributed by atoms with E-state index in [9.17, 15) is 15.1 Å². The van der Waals surface area contributed by atoms with Gasteiger partial charge in [-0.15, -0.1) is 4.91 Å². The molecule has 3 rings (SSSR count). The van der Waals surface area contributed by atoms with E-state index in [1.54, 1.807) is 0 Å². The SMILES string of the molecule is O=Nc1ncnc2c([C@@H]3O[C@H](CO)[C@@H](O)[C@H]3O)[nH]nc12. The first kappa shape index (κ1) is 13.0. The van der Waals surface area contributed by atoms with Crippen LogP contribution in [0.3, 0.4) is 0 Å². The van der Waals surface area contributed by atoms with Crippen LogP contribution in [0.1, 0.15) is 11.8 Å². The summed E-state index contributed by atoms with van der Waals surface area (Å²) in [6.45, 7) is -0.434. The Morgan fingerprint density at radius 3 is 2.75 bits per heavy atom. The fraction of sp³-hybridized carbons (Fsp3) is 0.500. The normalized spacial score (nSPS) is 29.9. The molecule has 106 valence electrons. The molecule has 3 heterocycles. The van der Waals surface area contributed by atoms with E-state index in [1.165, 1.54) is 0 Å². The van der Waals surface area contributed by atoms with E-state index in [0.717, 1.165) is 6.33 Å². The Morgan fingerprint density at radius 2 is 2.10 bits per heavy atom. The number of nitrogens with zero attached hydrogens (tertiary/aromatic N) is 4. The molecule has 10 heteroatoms. The van der Waals surface area contributed by atoms with E-state index in [2.05, 4.69) is 25.3 Å². The number of ether oxygens (including phenoxy) is 1. The summed E-state index contributed by atoms with van der Waals surface area (Å²) in [4.78, 5) is 18.2. The molecule has 1 fully saturated rings. The number of aromatic nitrogens is 4. The first-order valence-corrected chi connectivity index (χ1v) is 5.82. The quantitative estimate of drug-likeness (QED) is 0.517. The summed E-state index contributed by atoms with van der Waals surface area (Å²) in [6.07, 6.45) is -3.19. The molecule has 0 saturated carbocycles. The van der Waals surface area contributed by atoms with E-state index in [-0.39, 0.29) is 22.5 Å². The summed E-state index contributed by atoms with van der Waals surface area (Å²) in [5.41, 5.74) is 0.703. The van der Waals surface area contributed by atoms with Gasteiger partial charge in [-0.1, -0.05) is 0 Å². The van der Waals surface area contributed by atoms with E-state index in [4.69, 9.17) is 9.84 Å². The molecule has 1 aliphatic rings. The molecule has 0 radical (unpaired) electrons. The van der Waals surface area contributed by atoms with Crippen molar-refractivity contribution in [1.29, 1.82) is 0 Å². The van der Waals surface area contributed by atoms with Crippen molar-refractivity contribution in [3.63, 3.8) is 0 Å². The van der Waals surface area contributed by atoms with Gasteiger partial charge in [0.05, 0.1) is 12.3 Å². The molecular formula is C10H11N5O5. The van der Waals surface area contributed by atoms with Gasteiger partial charge in [0.25, 0.3) is 0 Å². The number of aliphatic hydroxyl groups is 3. The number of aromatic amines is 1. The van der Waals surface area contributed by atoms with Crippen LogP contribution < -0.4 is 0 Å². The van der Waals surface area contributed by atoms with Gasteiger partial charge in [-0.3, -0.25) is 5.10 Å². The maximum atomic E-state index is 10.6. The second-order valence-electron chi connectivity index (χ2n) is 4.38. The van der Waals surface area contributed by atoms with Crippen molar-refractivity contribution in [1.82, 2.24) is 20.2 Å². The molecule has 2 aromatic rings. The maximum absolute atomic E-state index is 10.6. The Kier molecular flexibility index (Phi) is 3.14. The van der Waals surface area contributed by atoms with Crippen molar-refractivity contribution >= 4 is 16.9 Å². The van der Waals surface area contributed by atoms with Crippen LogP contribution in [-0.4, -0.2) is 60.4 Å². The lowest BCUT2D eigenvalue weighted by Crippen LogP contribution is -2.32. The highest BCUT2D eigenvalue weighted by Crippen LogP contribution is 2.36. The van der Waals surface area contributed by atoms with Gasteiger partial charge in [0, 0.05) is 0 Å². The zero-order valence-electron chi connectivity index (χ0n) is 10.0. The minimum absolute atomic E-state index is 0.135. The molecule has 0 amide bonds. The van der Waals surface area contributed by atoms with Crippen LogP contribution >= 0.6 is 0 Å². The van der Waals surface area contributed by atoms with E-state index >= 15 is 0 Å². The van der Waals surface area contributed by atoms with Crippen molar-refractivity contribution in [3.8, 4) is 0 Å². The standard InChI is InChI=1S/C10H11N5O5/c16-1-3-7(17)8(18)9(20-3)5-4-6(14-13-5)10(15-19)12-2-11-4/h2-3,7-9,16-18H,1H2,(H,13,14)/t3-,7-,8-,9+/m1/s1. The van der Waals surface area contributed by atoms with Crippen LogP contribution in [0, 0.1) is 4.91 Å². The summed E-state index contributed by atoms with van der Waals surface area (Å²) in [5, 5.41) is 37.9. The zero-order valence-corrected chi connectivity index (χ0v) is 10.0. The average Bonchev–Trinajstić information content (AvgIpc) is 3.01. The Hall–Kier alpha value is -2.01. The largest absolute Gasteiger partial charge is 0.394 e. The summed E-state index contributed by atoms with van der Waals surface area (Å²) in [7, 11) is 0. The zero-order chi connectivity index (χ0) is 14.3. The van der Waals surface area contributed by atoms with Crippen molar-refractivity contribution in [2.45, 2.75) is 24.4 Å². The van der Waals surface area contributed by atoms with Crippen LogP contribution in [0.25, 0.3) is 11.0 Å². The van der Waals surface area contributed by atoms with Crippen LogP contribution in [0.4, 0.5) is 5.82 Å². The van der Waals surface area contributed by atoms with E-state index < -0.39 is 31.0 Å². The summed E-state index contributed by atoms with van der Waals surface area (Å²) < 4.78 is 5.37. The van der Waals surface area contributed by atoms with Gasteiger partial charge in [0.2, 0.25) is 5.82 Å². The number of nitrogens with one attached hydrogen (secondary N) is 1. The van der Waals surface area contributed by atoms with Gasteiger partial charge in [-0.25, -0.2) is 9.97 Å². The van der Waals surface area contributed by atoms with Crippen LogP contribution in [0.5, 0.6) is 0 Å². The summed E-state index contributed by atoms with van der Waals surface area (Å²) in [5.74, 6) is -0.135. The number of aliphatic hydroxyl groups excluding tert-OH is 3. The summed E-state index contributed by atoms with van der Waals surface area (Å²) >= 11 is 0. The van der Waals surface area contributed by atoms with Crippen molar-refractivity contribution in [2.24, 2.45) is 5.18 Å². The number of nitroso groups, excluding NO2 is 1. The highest BCUT2D eigenvalue weighted by molar-refractivity contribution is 5.85. The Morgan fingerprint density at radius 1 is 1.30 bits per heavy atom. The lowest BCUT2D eigenvalue weighted by atomic mass is 10.1. The fourth-order valence-corrected chi connectivity index (χ4v) is 2.24. The molecule has 2 aromatic heterocycles. The highest BCUT2D eigenvalue weighted by atomic mass is 16.6. The Balaban J connectivity index is 2.05. The highest BCUT2D eigenvalue weighted by Gasteiger charge is 2.44. The van der Waals surface area contributed by atoms with Crippen LogP contribution in [0.15, 0.2) is 11.5 Å². The third-order valence-corrected chi connectivity index (χ3v) is 3.26. The van der Waals surface area contributed by atoms with Crippen LogP contribution in [-0.2, 0) is 4.74 Å². The van der Waals surface area contributed by atoms with Gasteiger partial charge in [-0.2, -0.15) is 5.10 Å². The molecule has 0 unspecified atom stereocenters. The topological polar surface area (TPSA) is 154 Å². The molecule has 1 aliphatic heterocycles. The van der Waals surface area contributed by atoms with Crippen molar-refractivity contribution in [3.05, 3.63) is 16.9 Å². The van der Waals surface area contributed by atoms with Crippen LogP contribution in [0.2, 0.25) is 0 Å². The molecule has 0 aromatic carbocycles.